The van der Waals surface area contributed by atoms with Gasteiger partial charge in [-0.15, -0.1) is 0 Å². The lowest BCUT2D eigenvalue weighted by Crippen LogP contribution is -2.10. The first-order valence-corrected chi connectivity index (χ1v) is 15.5. The van der Waals surface area contributed by atoms with Crippen molar-refractivity contribution in [3.63, 3.8) is 0 Å². The van der Waals surface area contributed by atoms with Crippen molar-refractivity contribution in [3.8, 4) is 33.4 Å². The van der Waals surface area contributed by atoms with Gasteiger partial charge in [-0.2, -0.15) is 0 Å². The Morgan fingerprint density at radius 3 is 0.822 bits per heavy atom. The van der Waals surface area contributed by atoms with E-state index in [0.717, 1.165) is 33.4 Å². The number of rotatable bonds is 12. The molecule has 0 bridgehead atoms. The van der Waals surface area contributed by atoms with E-state index in [1.54, 1.807) is 36.4 Å². The predicted molar refractivity (Wildman–Crippen MR) is 178 cm³/mol. The number of carbonyl (C=O) groups is 3. The summed E-state index contributed by atoms with van der Waals surface area (Å²) >= 11 is 0. The Morgan fingerprint density at radius 1 is 0.400 bits per heavy atom. The summed E-state index contributed by atoms with van der Waals surface area (Å²) in [6.07, 6.45) is 0. The topological polar surface area (TPSA) is 78.9 Å². The average molecular weight is 607 g/mol. The fraction of sp³-hybridized carbons (Fsp3) is 0.308. The summed E-state index contributed by atoms with van der Waals surface area (Å²) in [4.78, 5) is 37.5. The molecular weight excluding hydrogens is 564 g/mol. The first-order chi connectivity index (χ1) is 21.5. The third kappa shape index (κ3) is 9.39. The van der Waals surface area contributed by atoms with Crippen molar-refractivity contribution < 1.29 is 28.6 Å². The summed E-state index contributed by atoms with van der Waals surface area (Å²) in [5, 5.41) is 0. The maximum Gasteiger partial charge on any atom is 0.338 e. The van der Waals surface area contributed by atoms with Crippen molar-refractivity contribution in [3.05, 3.63) is 108 Å². The van der Waals surface area contributed by atoms with Crippen LogP contribution in [0.4, 0.5) is 0 Å². The van der Waals surface area contributed by atoms with E-state index in [1.807, 2.05) is 77.9 Å². The molecule has 0 aliphatic carbocycles. The zero-order chi connectivity index (χ0) is 32.5. The van der Waals surface area contributed by atoms with Crippen molar-refractivity contribution in [1.29, 1.82) is 0 Å². The molecule has 0 unspecified atom stereocenters. The van der Waals surface area contributed by atoms with Gasteiger partial charge in [0.25, 0.3) is 0 Å². The third-order valence-corrected chi connectivity index (χ3v) is 6.94. The number of hydrogen-bond donors (Lipinski definition) is 0. The van der Waals surface area contributed by atoms with Crippen molar-refractivity contribution >= 4 is 17.9 Å². The van der Waals surface area contributed by atoms with E-state index in [4.69, 9.17) is 14.2 Å². The second-order valence-electron chi connectivity index (χ2n) is 12.5. The summed E-state index contributed by atoms with van der Waals surface area (Å²) in [7, 11) is 0. The molecule has 0 N–H and O–H groups in total. The quantitative estimate of drug-likeness (QED) is 0.118. The smallest absolute Gasteiger partial charge is 0.338 e. The molecule has 0 saturated heterocycles. The largest absolute Gasteiger partial charge is 0.462 e. The van der Waals surface area contributed by atoms with Gasteiger partial charge in [0.2, 0.25) is 0 Å². The molecule has 234 valence electrons. The molecule has 0 heterocycles. The molecular formula is C39H42O6. The van der Waals surface area contributed by atoms with Crippen LogP contribution in [0.25, 0.3) is 33.4 Å². The van der Waals surface area contributed by atoms with Crippen LogP contribution in [0.5, 0.6) is 0 Å². The van der Waals surface area contributed by atoms with E-state index < -0.39 is 0 Å². The Labute approximate surface area is 266 Å². The second kappa shape index (κ2) is 15.3. The Morgan fingerprint density at radius 2 is 0.622 bits per heavy atom. The monoisotopic (exact) mass is 606 g/mol. The van der Waals surface area contributed by atoms with Gasteiger partial charge >= 0.3 is 17.9 Å². The highest BCUT2D eigenvalue weighted by molar-refractivity contribution is 5.92. The van der Waals surface area contributed by atoms with Crippen molar-refractivity contribution in [1.82, 2.24) is 0 Å². The molecule has 4 aromatic rings. The van der Waals surface area contributed by atoms with Gasteiger partial charge in [0.15, 0.2) is 0 Å². The van der Waals surface area contributed by atoms with Crippen LogP contribution in [0.15, 0.2) is 91.0 Å². The first kappa shape index (κ1) is 33.2. The van der Waals surface area contributed by atoms with Crippen LogP contribution in [-0.4, -0.2) is 37.7 Å². The van der Waals surface area contributed by atoms with Crippen LogP contribution >= 0.6 is 0 Å². The summed E-state index contributed by atoms with van der Waals surface area (Å²) in [6, 6.07) is 28.4. The zero-order valence-corrected chi connectivity index (χ0v) is 27.0. The highest BCUT2D eigenvalue weighted by Crippen LogP contribution is 2.33. The maximum atomic E-state index is 12.5. The molecule has 0 saturated carbocycles. The van der Waals surface area contributed by atoms with Gasteiger partial charge < -0.3 is 14.2 Å². The van der Waals surface area contributed by atoms with Gasteiger partial charge in [-0.25, -0.2) is 14.4 Å². The standard InChI is InChI=1S/C39H42O6/c1-25(2)22-43-37(40)31-13-7-28(8-14-31)34-19-35(29-9-15-32(16-10-29)38(41)44-23-26(3)4)21-36(20-34)30-11-17-33(18-12-30)39(42)45-24-27(5)6/h7-21,25-27H,22-24H2,1-6H3. The van der Waals surface area contributed by atoms with E-state index >= 15 is 0 Å². The fourth-order valence-corrected chi connectivity index (χ4v) is 4.50. The summed E-state index contributed by atoms with van der Waals surface area (Å²) in [6.45, 7) is 13.1. The molecule has 0 radical (unpaired) electrons. The van der Waals surface area contributed by atoms with Gasteiger partial charge in [-0.05, 0) is 106 Å². The normalized spacial score (nSPS) is 11.1. The van der Waals surface area contributed by atoms with Crippen LogP contribution < -0.4 is 0 Å². The molecule has 4 rings (SSSR count). The molecule has 4 aromatic carbocycles. The number of carbonyl (C=O) groups excluding carboxylic acids is 3. The zero-order valence-electron chi connectivity index (χ0n) is 27.0. The number of hydrogen-bond acceptors (Lipinski definition) is 6. The SMILES string of the molecule is CC(C)COC(=O)c1ccc(-c2cc(-c3ccc(C(=O)OCC(C)C)cc3)cc(-c3ccc(C(=O)OCC(C)C)cc3)c2)cc1. The van der Waals surface area contributed by atoms with Gasteiger partial charge in [0.05, 0.1) is 36.5 Å². The van der Waals surface area contributed by atoms with Crippen molar-refractivity contribution in [2.45, 2.75) is 41.5 Å². The molecule has 6 nitrogen and oxygen atoms in total. The number of benzene rings is 4. The Kier molecular flexibility index (Phi) is 11.3. The van der Waals surface area contributed by atoms with E-state index in [2.05, 4.69) is 18.2 Å². The first-order valence-electron chi connectivity index (χ1n) is 15.5. The molecule has 0 aliphatic heterocycles. The summed E-state index contributed by atoms with van der Waals surface area (Å²) in [5.74, 6) is -0.257. The van der Waals surface area contributed by atoms with E-state index in [-0.39, 0.29) is 35.7 Å². The maximum absolute atomic E-state index is 12.5. The van der Waals surface area contributed by atoms with Gasteiger partial charge in [0, 0.05) is 0 Å². The Hall–Kier alpha value is -4.71. The Bertz CT molecular complexity index is 1390. The van der Waals surface area contributed by atoms with Gasteiger partial charge in [-0.3, -0.25) is 0 Å². The van der Waals surface area contributed by atoms with E-state index in [0.29, 0.717) is 36.5 Å². The fourth-order valence-electron chi connectivity index (χ4n) is 4.50. The Balaban J connectivity index is 1.68. The molecule has 0 aliphatic rings. The number of esters is 3. The summed E-state index contributed by atoms with van der Waals surface area (Å²) < 4.78 is 16.2. The van der Waals surface area contributed by atoms with Crippen molar-refractivity contribution in [2.75, 3.05) is 19.8 Å². The predicted octanol–water partition coefficient (Wildman–Crippen LogP) is 9.13. The second-order valence-corrected chi connectivity index (χ2v) is 12.5. The molecule has 0 spiro atoms. The molecule has 6 heteroatoms. The average Bonchev–Trinajstić information content (AvgIpc) is 3.05. The molecule has 45 heavy (non-hydrogen) atoms. The minimum Gasteiger partial charge on any atom is -0.462 e. The molecule has 0 atom stereocenters. The summed E-state index contributed by atoms with van der Waals surface area (Å²) in [5.41, 5.74) is 7.13. The van der Waals surface area contributed by atoms with Crippen LogP contribution in [0, 0.1) is 17.8 Å². The van der Waals surface area contributed by atoms with Crippen LogP contribution in [0.2, 0.25) is 0 Å². The minimum absolute atomic E-state index is 0.258. The molecule has 0 aromatic heterocycles. The molecule has 0 amide bonds. The highest BCUT2D eigenvalue weighted by atomic mass is 16.5. The third-order valence-electron chi connectivity index (χ3n) is 6.94. The molecule has 0 fully saturated rings. The van der Waals surface area contributed by atoms with E-state index in [1.165, 1.54) is 0 Å². The lowest BCUT2D eigenvalue weighted by molar-refractivity contribution is 0.0450. The van der Waals surface area contributed by atoms with Crippen LogP contribution in [-0.2, 0) is 14.2 Å². The van der Waals surface area contributed by atoms with Crippen molar-refractivity contribution in [2.24, 2.45) is 17.8 Å². The van der Waals surface area contributed by atoms with E-state index in [9.17, 15) is 14.4 Å². The van der Waals surface area contributed by atoms with Gasteiger partial charge in [-0.1, -0.05) is 77.9 Å². The van der Waals surface area contributed by atoms with Gasteiger partial charge in [0.1, 0.15) is 0 Å². The number of ether oxygens (including phenoxy) is 3. The van der Waals surface area contributed by atoms with Crippen LogP contribution in [0.3, 0.4) is 0 Å². The lowest BCUT2D eigenvalue weighted by Gasteiger charge is -2.13. The van der Waals surface area contributed by atoms with Crippen LogP contribution in [0.1, 0.15) is 72.6 Å². The minimum atomic E-state index is -0.344. The lowest BCUT2D eigenvalue weighted by atomic mass is 9.92. The highest BCUT2D eigenvalue weighted by Gasteiger charge is 2.14.